The summed E-state index contributed by atoms with van der Waals surface area (Å²) in [6.45, 7) is 4.42. The van der Waals surface area contributed by atoms with Crippen LogP contribution in [0, 0.1) is 6.92 Å². The molecule has 0 aliphatic heterocycles. The van der Waals surface area contributed by atoms with Crippen molar-refractivity contribution in [3.05, 3.63) is 60.2 Å². The van der Waals surface area contributed by atoms with Gasteiger partial charge in [-0.3, -0.25) is 4.57 Å². The number of para-hydroxylation sites is 2. The van der Waals surface area contributed by atoms with Gasteiger partial charge in [0.25, 0.3) is 0 Å². The first-order valence-corrected chi connectivity index (χ1v) is 9.36. The number of aromatic nitrogens is 4. The molecule has 2 aromatic heterocycles. The Balaban J connectivity index is 1.71. The number of thioether (sulfide) groups is 1. The van der Waals surface area contributed by atoms with Gasteiger partial charge in [-0.25, -0.2) is 4.98 Å². The fraction of sp³-hybridized carbons (Fsp3) is 0.211. The molecule has 7 heteroatoms. The Morgan fingerprint density at radius 1 is 1.08 bits per heavy atom. The van der Waals surface area contributed by atoms with Gasteiger partial charge >= 0.3 is 0 Å². The second-order valence-electron chi connectivity index (χ2n) is 5.66. The molecule has 2 aromatic carbocycles. The third-order valence-corrected chi connectivity index (χ3v) is 4.77. The first-order chi connectivity index (χ1) is 12.7. The van der Waals surface area contributed by atoms with Gasteiger partial charge in [0, 0.05) is 12.6 Å². The summed E-state index contributed by atoms with van der Waals surface area (Å²) in [7, 11) is 0. The summed E-state index contributed by atoms with van der Waals surface area (Å²) in [4.78, 5) is 9.04. The molecule has 0 bridgehead atoms. The standard InChI is InChI=1S/C19H18N4O2S/c1-3-24-15-10-8-14(9-11-15)23-17-7-5-4-6-16(17)21-19(23)26-12-18-20-13(2)25-22-18/h4-11H,3,12H2,1-2H3. The van der Waals surface area contributed by atoms with Gasteiger partial charge in [0.2, 0.25) is 5.89 Å². The summed E-state index contributed by atoms with van der Waals surface area (Å²) < 4.78 is 12.7. The summed E-state index contributed by atoms with van der Waals surface area (Å²) in [5.41, 5.74) is 3.05. The summed E-state index contributed by atoms with van der Waals surface area (Å²) >= 11 is 1.58. The molecule has 0 saturated heterocycles. The molecule has 2 heterocycles. The third kappa shape index (κ3) is 3.30. The highest BCUT2D eigenvalue weighted by molar-refractivity contribution is 7.98. The number of rotatable bonds is 6. The quantitative estimate of drug-likeness (QED) is 0.471. The second kappa shape index (κ2) is 7.21. The van der Waals surface area contributed by atoms with Gasteiger partial charge in [0.1, 0.15) is 5.75 Å². The molecule has 4 aromatic rings. The summed E-state index contributed by atoms with van der Waals surface area (Å²) in [6.07, 6.45) is 0. The monoisotopic (exact) mass is 366 g/mol. The Bertz CT molecular complexity index is 1020. The van der Waals surface area contributed by atoms with E-state index in [0.29, 0.717) is 24.1 Å². The number of ether oxygens (including phenoxy) is 1. The molecule has 0 spiro atoms. The van der Waals surface area contributed by atoms with E-state index in [4.69, 9.17) is 14.2 Å². The zero-order valence-electron chi connectivity index (χ0n) is 14.5. The molecule has 0 radical (unpaired) electrons. The zero-order chi connectivity index (χ0) is 17.9. The van der Waals surface area contributed by atoms with Crippen molar-refractivity contribution in [3.8, 4) is 11.4 Å². The predicted molar refractivity (Wildman–Crippen MR) is 101 cm³/mol. The first-order valence-electron chi connectivity index (χ1n) is 8.37. The molecule has 0 atom stereocenters. The lowest BCUT2D eigenvalue weighted by molar-refractivity contribution is 0.340. The summed E-state index contributed by atoms with van der Waals surface area (Å²) in [5.74, 6) is 2.69. The van der Waals surface area contributed by atoms with E-state index in [1.807, 2.05) is 49.4 Å². The van der Waals surface area contributed by atoms with Crippen LogP contribution in [0.4, 0.5) is 0 Å². The van der Waals surface area contributed by atoms with Crippen molar-refractivity contribution in [1.82, 2.24) is 19.7 Å². The Morgan fingerprint density at radius 2 is 1.88 bits per heavy atom. The van der Waals surface area contributed by atoms with Gasteiger partial charge in [-0.05, 0) is 43.3 Å². The molecule has 0 N–H and O–H groups in total. The van der Waals surface area contributed by atoms with Crippen molar-refractivity contribution < 1.29 is 9.26 Å². The molecule has 0 fully saturated rings. The zero-order valence-corrected chi connectivity index (χ0v) is 15.4. The first kappa shape index (κ1) is 16.7. The van der Waals surface area contributed by atoms with E-state index in [1.54, 1.807) is 18.7 Å². The average molecular weight is 366 g/mol. The van der Waals surface area contributed by atoms with E-state index >= 15 is 0 Å². The Hall–Kier alpha value is -2.80. The lowest BCUT2D eigenvalue weighted by atomic mass is 10.2. The number of imidazole rings is 1. The predicted octanol–water partition coefficient (Wildman–Crippen LogP) is 4.41. The molecule has 0 aliphatic rings. The number of hydrogen-bond donors (Lipinski definition) is 0. The van der Waals surface area contributed by atoms with Crippen LogP contribution in [0.3, 0.4) is 0 Å². The van der Waals surface area contributed by atoms with Gasteiger partial charge in [0.05, 0.1) is 23.4 Å². The molecule has 0 amide bonds. The topological polar surface area (TPSA) is 66.0 Å². The summed E-state index contributed by atoms with van der Waals surface area (Å²) in [5, 5.41) is 4.85. The number of nitrogens with zero attached hydrogens (tertiary/aromatic N) is 4. The second-order valence-corrected chi connectivity index (χ2v) is 6.61. The SMILES string of the molecule is CCOc1ccc(-n2c(SCc3noc(C)n3)nc3ccccc32)cc1. The van der Waals surface area contributed by atoms with Crippen molar-refractivity contribution in [2.75, 3.05) is 6.61 Å². The van der Waals surface area contributed by atoms with Crippen molar-refractivity contribution in [2.45, 2.75) is 24.8 Å². The van der Waals surface area contributed by atoms with E-state index in [1.165, 1.54) is 0 Å². The van der Waals surface area contributed by atoms with Gasteiger partial charge in [-0.1, -0.05) is 29.1 Å². The molecule has 132 valence electrons. The van der Waals surface area contributed by atoms with Gasteiger partial charge < -0.3 is 9.26 Å². The van der Waals surface area contributed by atoms with Gasteiger partial charge in [-0.2, -0.15) is 4.98 Å². The van der Waals surface area contributed by atoms with Crippen LogP contribution in [0.25, 0.3) is 16.7 Å². The summed E-state index contributed by atoms with van der Waals surface area (Å²) in [6, 6.07) is 16.1. The largest absolute Gasteiger partial charge is 0.494 e. The highest BCUT2D eigenvalue weighted by atomic mass is 32.2. The molecule has 0 saturated carbocycles. The van der Waals surface area contributed by atoms with Gasteiger partial charge in [0.15, 0.2) is 11.0 Å². The van der Waals surface area contributed by atoms with Crippen molar-refractivity contribution in [3.63, 3.8) is 0 Å². The fourth-order valence-corrected chi connectivity index (χ4v) is 3.61. The molecule has 0 aliphatic carbocycles. The van der Waals surface area contributed by atoms with Crippen LogP contribution < -0.4 is 4.74 Å². The Labute approximate surface area is 155 Å². The maximum absolute atomic E-state index is 5.55. The van der Waals surface area contributed by atoms with Crippen LogP contribution in [0.2, 0.25) is 0 Å². The minimum absolute atomic E-state index is 0.570. The van der Waals surface area contributed by atoms with Crippen LogP contribution in [0.15, 0.2) is 58.2 Å². The molecule has 6 nitrogen and oxygen atoms in total. The van der Waals surface area contributed by atoms with Crippen molar-refractivity contribution >= 4 is 22.8 Å². The number of fused-ring (bicyclic) bond motifs is 1. The Kier molecular flexibility index (Phi) is 4.62. The van der Waals surface area contributed by atoms with Crippen LogP contribution in [0.1, 0.15) is 18.6 Å². The molecular formula is C19H18N4O2S. The number of hydrogen-bond acceptors (Lipinski definition) is 6. The van der Waals surface area contributed by atoms with E-state index < -0.39 is 0 Å². The number of benzene rings is 2. The third-order valence-electron chi connectivity index (χ3n) is 3.84. The minimum Gasteiger partial charge on any atom is -0.494 e. The molecule has 26 heavy (non-hydrogen) atoms. The number of aryl methyl sites for hydroxylation is 1. The molecular weight excluding hydrogens is 348 g/mol. The van der Waals surface area contributed by atoms with E-state index in [0.717, 1.165) is 27.6 Å². The van der Waals surface area contributed by atoms with E-state index in [9.17, 15) is 0 Å². The van der Waals surface area contributed by atoms with E-state index in [-0.39, 0.29) is 0 Å². The maximum Gasteiger partial charge on any atom is 0.223 e. The lowest BCUT2D eigenvalue weighted by Crippen LogP contribution is -1.98. The van der Waals surface area contributed by atoms with Crippen molar-refractivity contribution in [1.29, 1.82) is 0 Å². The van der Waals surface area contributed by atoms with Crippen LogP contribution >= 0.6 is 11.8 Å². The lowest BCUT2D eigenvalue weighted by Gasteiger charge is -2.10. The fourth-order valence-electron chi connectivity index (χ4n) is 2.74. The average Bonchev–Trinajstić information content (AvgIpc) is 3.24. The van der Waals surface area contributed by atoms with Gasteiger partial charge in [-0.15, -0.1) is 0 Å². The highest BCUT2D eigenvalue weighted by Crippen LogP contribution is 2.30. The van der Waals surface area contributed by atoms with Crippen LogP contribution in [-0.2, 0) is 5.75 Å². The molecule has 0 unspecified atom stereocenters. The Morgan fingerprint density at radius 3 is 2.62 bits per heavy atom. The molecule has 4 rings (SSSR count). The van der Waals surface area contributed by atoms with Crippen LogP contribution in [-0.4, -0.2) is 26.3 Å². The van der Waals surface area contributed by atoms with Crippen LogP contribution in [0.5, 0.6) is 5.75 Å². The van der Waals surface area contributed by atoms with E-state index in [2.05, 4.69) is 20.8 Å². The minimum atomic E-state index is 0.570. The van der Waals surface area contributed by atoms with Crippen molar-refractivity contribution in [2.24, 2.45) is 0 Å². The smallest absolute Gasteiger partial charge is 0.223 e. The maximum atomic E-state index is 5.55. The highest BCUT2D eigenvalue weighted by Gasteiger charge is 2.14. The normalized spacial score (nSPS) is 11.2.